The second-order valence-corrected chi connectivity index (χ2v) is 4.58. The van der Waals surface area contributed by atoms with E-state index in [2.05, 4.69) is 37.7 Å². The summed E-state index contributed by atoms with van der Waals surface area (Å²) in [6.07, 6.45) is 3.58. The Balaban J connectivity index is 2.55. The molecule has 0 aromatic carbocycles. The molecular formula is C9H8ClIN4. The highest BCUT2D eigenvalue weighted by molar-refractivity contribution is 14.1. The van der Waals surface area contributed by atoms with Crippen LogP contribution in [-0.2, 0) is 7.05 Å². The summed E-state index contributed by atoms with van der Waals surface area (Å²) in [6, 6.07) is 0. The fourth-order valence-corrected chi connectivity index (χ4v) is 1.65. The van der Waals surface area contributed by atoms with Gasteiger partial charge in [0, 0.05) is 13.2 Å². The van der Waals surface area contributed by atoms with Crippen LogP contribution in [0, 0.1) is 10.5 Å². The third-order valence-corrected chi connectivity index (χ3v) is 3.82. The van der Waals surface area contributed by atoms with Crippen molar-refractivity contribution < 1.29 is 0 Å². The predicted molar refractivity (Wildman–Crippen MR) is 66.7 cm³/mol. The van der Waals surface area contributed by atoms with Crippen molar-refractivity contribution in [3.8, 4) is 11.4 Å². The first-order valence-electron chi connectivity index (χ1n) is 4.26. The van der Waals surface area contributed by atoms with Crippen molar-refractivity contribution in [3.05, 3.63) is 26.8 Å². The molecule has 0 N–H and O–H groups in total. The van der Waals surface area contributed by atoms with Gasteiger partial charge in [0.1, 0.15) is 5.15 Å². The van der Waals surface area contributed by atoms with Crippen LogP contribution in [0.5, 0.6) is 0 Å². The smallest absolute Gasteiger partial charge is 0.164 e. The van der Waals surface area contributed by atoms with E-state index in [1.54, 1.807) is 10.9 Å². The van der Waals surface area contributed by atoms with Crippen LogP contribution in [0.1, 0.15) is 5.69 Å². The van der Waals surface area contributed by atoms with Gasteiger partial charge in [0.25, 0.3) is 0 Å². The standard InChI is InChI=1S/C9H8ClIN4/c1-5-7(11)8(10)14-9(13-5)6-3-12-15(2)4-6/h3-4H,1-2H3. The first kappa shape index (κ1) is 10.8. The van der Waals surface area contributed by atoms with Crippen molar-refractivity contribution in [2.24, 2.45) is 7.05 Å². The van der Waals surface area contributed by atoms with E-state index in [9.17, 15) is 0 Å². The van der Waals surface area contributed by atoms with Crippen molar-refractivity contribution in [1.82, 2.24) is 19.7 Å². The van der Waals surface area contributed by atoms with E-state index in [-0.39, 0.29) is 0 Å². The van der Waals surface area contributed by atoms with Crippen molar-refractivity contribution in [2.45, 2.75) is 6.92 Å². The third-order valence-electron chi connectivity index (χ3n) is 1.94. The molecule has 2 rings (SSSR count). The largest absolute Gasteiger partial charge is 0.275 e. The molecule has 0 amide bonds. The highest BCUT2D eigenvalue weighted by atomic mass is 127. The first-order valence-corrected chi connectivity index (χ1v) is 5.72. The number of nitrogens with zero attached hydrogens (tertiary/aromatic N) is 4. The molecule has 0 saturated heterocycles. The predicted octanol–water partition coefficient (Wildman–Crippen LogP) is 2.44. The van der Waals surface area contributed by atoms with Gasteiger partial charge in [0.05, 0.1) is 21.0 Å². The number of hydrogen-bond donors (Lipinski definition) is 0. The minimum Gasteiger partial charge on any atom is -0.275 e. The van der Waals surface area contributed by atoms with E-state index in [0.29, 0.717) is 11.0 Å². The Bertz CT molecular complexity index is 486. The fraction of sp³-hybridized carbons (Fsp3) is 0.222. The molecule has 0 bridgehead atoms. The molecule has 2 aromatic heterocycles. The van der Waals surface area contributed by atoms with Crippen LogP contribution in [-0.4, -0.2) is 19.7 Å². The molecule has 2 aromatic rings. The average Bonchev–Trinajstić information content (AvgIpc) is 2.60. The minimum atomic E-state index is 0.488. The van der Waals surface area contributed by atoms with Crippen LogP contribution in [0.3, 0.4) is 0 Å². The highest BCUT2D eigenvalue weighted by Crippen LogP contribution is 2.22. The Morgan fingerprint density at radius 3 is 2.67 bits per heavy atom. The summed E-state index contributed by atoms with van der Waals surface area (Å²) >= 11 is 8.12. The number of hydrogen-bond acceptors (Lipinski definition) is 3. The summed E-state index contributed by atoms with van der Waals surface area (Å²) < 4.78 is 2.60. The number of aryl methyl sites for hydroxylation is 2. The SMILES string of the molecule is Cc1nc(-c2cnn(C)c2)nc(Cl)c1I. The van der Waals surface area contributed by atoms with Crippen molar-refractivity contribution in [1.29, 1.82) is 0 Å². The van der Waals surface area contributed by atoms with Gasteiger partial charge in [0.15, 0.2) is 5.82 Å². The average molecular weight is 335 g/mol. The Labute approximate surface area is 106 Å². The van der Waals surface area contributed by atoms with Crippen LogP contribution in [0.25, 0.3) is 11.4 Å². The van der Waals surface area contributed by atoms with Gasteiger partial charge in [-0.05, 0) is 29.5 Å². The molecular weight excluding hydrogens is 326 g/mol. The van der Waals surface area contributed by atoms with E-state index in [0.717, 1.165) is 14.8 Å². The molecule has 0 radical (unpaired) electrons. The number of halogens is 2. The van der Waals surface area contributed by atoms with Gasteiger partial charge >= 0.3 is 0 Å². The molecule has 0 saturated carbocycles. The second kappa shape index (κ2) is 4.05. The molecule has 0 aliphatic carbocycles. The molecule has 0 spiro atoms. The number of aromatic nitrogens is 4. The lowest BCUT2D eigenvalue weighted by Crippen LogP contribution is -1.95. The van der Waals surface area contributed by atoms with Gasteiger partial charge < -0.3 is 0 Å². The zero-order valence-corrected chi connectivity index (χ0v) is 11.1. The van der Waals surface area contributed by atoms with Crippen LogP contribution in [0.2, 0.25) is 5.15 Å². The van der Waals surface area contributed by atoms with E-state index in [4.69, 9.17) is 11.6 Å². The zero-order valence-electron chi connectivity index (χ0n) is 8.20. The molecule has 6 heteroatoms. The summed E-state index contributed by atoms with van der Waals surface area (Å²) in [5.41, 5.74) is 1.76. The maximum Gasteiger partial charge on any atom is 0.164 e. The molecule has 0 unspecified atom stereocenters. The van der Waals surface area contributed by atoms with Gasteiger partial charge in [-0.1, -0.05) is 11.6 Å². The van der Waals surface area contributed by atoms with Crippen LogP contribution in [0.4, 0.5) is 0 Å². The minimum absolute atomic E-state index is 0.488. The molecule has 4 nitrogen and oxygen atoms in total. The quantitative estimate of drug-likeness (QED) is 0.594. The van der Waals surface area contributed by atoms with E-state index < -0.39 is 0 Å². The van der Waals surface area contributed by atoms with Gasteiger partial charge in [-0.15, -0.1) is 0 Å². The normalized spacial score (nSPS) is 10.7. The molecule has 0 fully saturated rings. The van der Waals surface area contributed by atoms with Crippen molar-refractivity contribution in [2.75, 3.05) is 0 Å². The Morgan fingerprint density at radius 1 is 1.40 bits per heavy atom. The Morgan fingerprint density at radius 2 is 2.13 bits per heavy atom. The maximum atomic E-state index is 5.99. The molecule has 15 heavy (non-hydrogen) atoms. The van der Waals surface area contributed by atoms with Gasteiger partial charge in [-0.2, -0.15) is 5.10 Å². The monoisotopic (exact) mass is 334 g/mol. The van der Waals surface area contributed by atoms with E-state index in [1.165, 1.54) is 0 Å². The fourth-order valence-electron chi connectivity index (χ4n) is 1.19. The van der Waals surface area contributed by atoms with Gasteiger partial charge in [0.2, 0.25) is 0 Å². The summed E-state index contributed by atoms with van der Waals surface area (Å²) in [6.45, 7) is 1.91. The maximum absolute atomic E-state index is 5.99. The lowest BCUT2D eigenvalue weighted by molar-refractivity contribution is 0.768. The molecule has 0 atom stereocenters. The Hall–Kier alpha value is -0.690. The second-order valence-electron chi connectivity index (χ2n) is 3.14. The molecule has 0 aliphatic rings. The zero-order chi connectivity index (χ0) is 11.0. The Kier molecular flexibility index (Phi) is 2.92. The summed E-state index contributed by atoms with van der Waals surface area (Å²) in [7, 11) is 1.85. The van der Waals surface area contributed by atoms with Crippen molar-refractivity contribution >= 4 is 34.2 Å². The van der Waals surface area contributed by atoms with Gasteiger partial charge in [-0.25, -0.2) is 9.97 Å². The first-order chi connectivity index (χ1) is 7.08. The molecule has 78 valence electrons. The topological polar surface area (TPSA) is 43.6 Å². The summed E-state index contributed by atoms with van der Waals surface area (Å²) in [5, 5.41) is 4.55. The third kappa shape index (κ3) is 2.12. The summed E-state index contributed by atoms with van der Waals surface area (Å²) in [4.78, 5) is 8.57. The van der Waals surface area contributed by atoms with Crippen LogP contribution >= 0.6 is 34.2 Å². The highest BCUT2D eigenvalue weighted by Gasteiger charge is 2.09. The van der Waals surface area contributed by atoms with E-state index in [1.807, 2.05) is 20.2 Å². The van der Waals surface area contributed by atoms with Crippen molar-refractivity contribution in [3.63, 3.8) is 0 Å². The van der Waals surface area contributed by atoms with Crippen LogP contribution < -0.4 is 0 Å². The lowest BCUT2D eigenvalue weighted by Gasteiger charge is -2.02. The summed E-state index contributed by atoms with van der Waals surface area (Å²) in [5.74, 6) is 0.617. The molecule has 0 aliphatic heterocycles. The van der Waals surface area contributed by atoms with Crippen LogP contribution in [0.15, 0.2) is 12.4 Å². The van der Waals surface area contributed by atoms with E-state index >= 15 is 0 Å². The van der Waals surface area contributed by atoms with Gasteiger partial charge in [-0.3, -0.25) is 4.68 Å². The molecule has 2 heterocycles. The number of rotatable bonds is 1. The lowest BCUT2D eigenvalue weighted by atomic mass is 10.3.